The van der Waals surface area contributed by atoms with Gasteiger partial charge in [0.15, 0.2) is 0 Å². The molecule has 0 aromatic heterocycles. The summed E-state index contributed by atoms with van der Waals surface area (Å²) in [5, 5.41) is 0. The minimum Gasteiger partial charge on any atom is -0.373 e. The Labute approximate surface area is 66.9 Å². The Bertz CT molecular complexity index is 220. The minimum absolute atomic E-state index is 0.439. The quantitative estimate of drug-likeness (QED) is 0.520. The van der Waals surface area contributed by atoms with Crippen LogP contribution in [0.1, 0.15) is 26.2 Å². The van der Waals surface area contributed by atoms with E-state index in [1.165, 1.54) is 5.57 Å². The summed E-state index contributed by atoms with van der Waals surface area (Å²) in [6.45, 7) is 3.09. The van der Waals surface area contributed by atoms with Gasteiger partial charge < -0.3 is 4.90 Å². The van der Waals surface area contributed by atoms with Crippen molar-refractivity contribution in [3.63, 3.8) is 0 Å². The zero-order valence-corrected chi connectivity index (χ0v) is 6.84. The van der Waals surface area contributed by atoms with Crippen LogP contribution in [0, 0.1) is 0 Å². The molecule has 0 aromatic rings. The second-order valence-corrected chi connectivity index (χ2v) is 3.56. The molecule has 60 valence electrons. The molecule has 0 amide bonds. The summed E-state index contributed by atoms with van der Waals surface area (Å²) < 4.78 is 0. The van der Waals surface area contributed by atoms with Gasteiger partial charge in [-0.3, -0.25) is 4.79 Å². The van der Waals surface area contributed by atoms with Crippen LogP contribution in [0.15, 0.2) is 11.8 Å². The Balaban J connectivity index is 2.09. The van der Waals surface area contributed by atoms with Gasteiger partial charge in [0.25, 0.3) is 0 Å². The van der Waals surface area contributed by atoms with Crippen LogP contribution in [0.3, 0.4) is 0 Å². The third-order valence-electron chi connectivity index (χ3n) is 2.52. The van der Waals surface area contributed by atoms with E-state index >= 15 is 0 Å². The van der Waals surface area contributed by atoms with Gasteiger partial charge in [0.05, 0.1) is 0 Å². The molecule has 1 saturated heterocycles. The maximum atomic E-state index is 11.1. The van der Waals surface area contributed by atoms with Crippen molar-refractivity contribution in [1.29, 1.82) is 0 Å². The van der Waals surface area contributed by atoms with E-state index < -0.39 is 0 Å². The number of carbonyl (C=O) groups excluding carboxylic acids is 1. The number of carbonyl (C=O) groups is 1. The van der Waals surface area contributed by atoms with Gasteiger partial charge in [0.1, 0.15) is 5.78 Å². The highest BCUT2D eigenvalue weighted by Gasteiger charge is 2.28. The average molecular weight is 151 g/mol. The average Bonchev–Trinajstić information content (AvgIpc) is 2.27. The van der Waals surface area contributed by atoms with Crippen molar-refractivity contribution < 1.29 is 4.79 Å². The second kappa shape index (κ2) is 2.36. The van der Waals surface area contributed by atoms with Gasteiger partial charge in [-0.2, -0.15) is 0 Å². The van der Waals surface area contributed by atoms with E-state index in [0.717, 1.165) is 25.8 Å². The first-order valence-corrected chi connectivity index (χ1v) is 4.20. The topological polar surface area (TPSA) is 20.3 Å². The standard InChI is InChI=1S/C9H13NO/c1-7-4-8-5-9(11)2-3-10(8)6-7/h6,8H,2-5H2,1H3/t8-/m0/s1. The maximum absolute atomic E-state index is 11.1. The van der Waals surface area contributed by atoms with Gasteiger partial charge in [-0.25, -0.2) is 0 Å². The van der Waals surface area contributed by atoms with Gasteiger partial charge in [0.2, 0.25) is 0 Å². The number of hydrogen-bond donors (Lipinski definition) is 0. The molecule has 2 heteroatoms. The summed E-state index contributed by atoms with van der Waals surface area (Å²) >= 11 is 0. The summed E-state index contributed by atoms with van der Waals surface area (Å²) in [6.07, 6.45) is 4.83. The molecule has 0 aliphatic carbocycles. The molecule has 1 fully saturated rings. The van der Waals surface area contributed by atoms with Crippen molar-refractivity contribution in [2.45, 2.75) is 32.2 Å². The zero-order chi connectivity index (χ0) is 7.84. The molecule has 2 nitrogen and oxygen atoms in total. The van der Waals surface area contributed by atoms with Crippen molar-refractivity contribution in [1.82, 2.24) is 4.90 Å². The Hall–Kier alpha value is -0.790. The molecule has 0 N–H and O–H groups in total. The van der Waals surface area contributed by atoms with E-state index in [4.69, 9.17) is 0 Å². The van der Waals surface area contributed by atoms with E-state index in [1.807, 2.05) is 0 Å². The molecule has 0 spiro atoms. The largest absolute Gasteiger partial charge is 0.373 e. The maximum Gasteiger partial charge on any atom is 0.136 e. The smallest absolute Gasteiger partial charge is 0.136 e. The van der Waals surface area contributed by atoms with Crippen LogP contribution in [0.4, 0.5) is 0 Å². The van der Waals surface area contributed by atoms with E-state index in [2.05, 4.69) is 18.0 Å². The van der Waals surface area contributed by atoms with Gasteiger partial charge in [0, 0.05) is 25.4 Å². The number of ketones is 1. The minimum atomic E-state index is 0.439. The van der Waals surface area contributed by atoms with E-state index in [0.29, 0.717) is 11.8 Å². The summed E-state index contributed by atoms with van der Waals surface area (Å²) in [6, 6.07) is 0.510. The normalized spacial score (nSPS) is 30.3. The SMILES string of the molecule is CC1=CN2CCC(=O)C[C@@H]2C1. The van der Waals surface area contributed by atoms with Crippen LogP contribution in [0.2, 0.25) is 0 Å². The Kier molecular flexibility index (Phi) is 1.48. The lowest BCUT2D eigenvalue weighted by atomic mass is 10.00. The molecule has 2 heterocycles. The summed E-state index contributed by atoms with van der Waals surface area (Å²) in [5.74, 6) is 0.439. The van der Waals surface area contributed by atoms with Crippen LogP contribution in [0.5, 0.6) is 0 Å². The Morgan fingerprint density at radius 2 is 2.36 bits per heavy atom. The highest BCUT2D eigenvalue weighted by Crippen LogP contribution is 2.27. The number of fused-ring (bicyclic) bond motifs is 1. The molecule has 0 bridgehead atoms. The van der Waals surface area contributed by atoms with Crippen LogP contribution >= 0.6 is 0 Å². The number of hydrogen-bond acceptors (Lipinski definition) is 2. The molecule has 2 aliphatic heterocycles. The first-order chi connectivity index (χ1) is 5.25. The highest BCUT2D eigenvalue weighted by atomic mass is 16.1. The number of rotatable bonds is 0. The predicted molar refractivity (Wildman–Crippen MR) is 43.1 cm³/mol. The van der Waals surface area contributed by atoms with Crippen LogP contribution in [-0.4, -0.2) is 23.3 Å². The molecule has 0 saturated carbocycles. The van der Waals surface area contributed by atoms with Crippen LogP contribution in [-0.2, 0) is 4.79 Å². The molecule has 0 unspecified atom stereocenters. The highest BCUT2D eigenvalue weighted by molar-refractivity contribution is 5.80. The Morgan fingerprint density at radius 1 is 1.55 bits per heavy atom. The zero-order valence-electron chi connectivity index (χ0n) is 6.84. The van der Waals surface area contributed by atoms with Gasteiger partial charge in [-0.05, 0) is 19.5 Å². The van der Waals surface area contributed by atoms with Gasteiger partial charge in [-0.1, -0.05) is 5.57 Å². The summed E-state index contributed by atoms with van der Waals surface area (Å²) in [4.78, 5) is 13.4. The molecule has 1 atom stereocenters. The fourth-order valence-corrected chi connectivity index (χ4v) is 1.99. The molecular weight excluding hydrogens is 138 g/mol. The van der Waals surface area contributed by atoms with E-state index in [1.54, 1.807) is 0 Å². The van der Waals surface area contributed by atoms with Crippen LogP contribution in [0.25, 0.3) is 0 Å². The summed E-state index contributed by atoms with van der Waals surface area (Å²) in [5.41, 5.74) is 1.42. The van der Waals surface area contributed by atoms with Crippen molar-refractivity contribution in [2.24, 2.45) is 0 Å². The number of nitrogens with zero attached hydrogens (tertiary/aromatic N) is 1. The van der Waals surface area contributed by atoms with Crippen molar-refractivity contribution >= 4 is 5.78 Å². The third-order valence-corrected chi connectivity index (χ3v) is 2.52. The predicted octanol–water partition coefficient (Wildman–Crippen LogP) is 1.33. The molecule has 2 rings (SSSR count). The number of piperidine rings is 1. The first-order valence-electron chi connectivity index (χ1n) is 4.20. The van der Waals surface area contributed by atoms with E-state index in [-0.39, 0.29) is 0 Å². The summed E-state index contributed by atoms with van der Waals surface area (Å²) in [7, 11) is 0. The van der Waals surface area contributed by atoms with Crippen molar-refractivity contribution in [3.8, 4) is 0 Å². The number of Topliss-reactive ketones (excluding diaryl/α,β-unsaturated/α-hetero) is 1. The molecule has 0 radical (unpaired) electrons. The van der Waals surface area contributed by atoms with Gasteiger partial charge in [-0.15, -0.1) is 0 Å². The Morgan fingerprint density at radius 3 is 3.18 bits per heavy atom. The third kappa shape index (κ3) is 1.17. The molecule has 0 aromatic carbocycles. The fraction of sp³-hybridized carbons (Fsp3) is 0.667. The van der Waals surface area contributed by atoms with Crippen molar-refractivity contribution in [3.05, 3.63) is 11.8 Å². The first kappa shape index (κ1) is 6.89. The van der Waals surface area contributed by atoms with Gasteiger partial charge >= 0.3 is 0 Å². The fourth-order valence-electron chi connectivity index (χ4n) is 1.99. The monoisotopic (exact) mass is 151 g/mol. The second-order valence-electron chi connectivity index (χ2n) is 3.56. The lowest BCUT2D eigenvalue weighted by molar-refractivity contribution is -0.122. The van der Waals surface area contributed by atoms with E-state index in [9.17, 15) is 4.79 Å². The molecule has 2 aliphatic rings. The molecular formula is C9H13NO. The van der Waals surface area contributed by atoms with Crippen molar-refractivity contribution in [2.75, 3.05) is 6.54 Å². The molecule has 11 heavy (non-hydrogen) atoms. The lowest BCUT2D eigenvalue weighted by Gasteiger charge is -2.29. The van der Waals surface area contributed by atoms with Crippen LogP contribution < -0.4 is 0 Å². The lowest BCUT2D eigenvalue weighted by Crippen LogP contribution is -2.36.